The molecule has 6 nitrogen and oxygen atoms in total. The zero-order chi connectivity index (χ0) is 23.9. The van der Waals surface area contributed by atoms with E-state index in [1.807, 2.05) is 42.5 Å². The number of hydrogen-bond donors (Lipinski definition) is 1. The Labute approximate surface area is 198 Å². The number of rotatable bonds is 9. The average Bonchev–Trinajstić information content (AvgIpc) is 3.33. The highest BCUT2D eigenvalue weighted by Gasteiger charge is 2.26. The first-order valence-electron chi connectivity index (χ1n) is 11.2. The van der Waals surface area contributed by atoms with E-state index in [-0.39, 0.29) is 37.4 Å². The molecule has 176 valence electrons. The summed E-state index contributed by atoms with van der Waals surface area (Å²) < 4.78 is 24.1. The fourth-order valence-electron chi connectivity index (χ4n) is 3.80. The maximum absolute atomic E-state index is 13.4. The standard InChI is InChI=1S/C27H27FN2O4/c1-19(27(32)29-16-22-9-13-24-25(15-22)34-18-33-24)30(17-21-7-11-23(28)12-8-21)26(31)14-10-20-5-3-2-4-6-20/h2-9,11-13,15,19H,10,14,16-18H2,1H3,(H,29,32)/t19-/m1/s1. The highest BCUT2D eigenvalue weighted by molar-refractivity contribution is 5.87. The minimum atomic E-state index is -0.706. The Morgan fingerprint density at radius 2 is 1.65 bits per heavy atom. The van der Waals surface area contributed by atoms with Gasteiger partial charge < -0.3 is 19.7 Å². The molecule has 3 aromatic rings. The number of hydrogen-bond acceptors (Lipinski definition) is 4. The van der Waals surface area contributed by atoms with Crippen molar-refractivity contribution in [3.8, 4) is 11.5 Å². The van der Waals surface area contributed by atoms with E-state index in [0.717, 1.165) is 16.7 Å². The van der Waals surface area contributed by atoms with Gasteiger partial charge in [0.2, 0.25) is 18.6 Å². The van der Waals surface area contributed by atoms with Gasteiger partial charge in [-0.1, -0.05) is 48.5 Å². The molecule has 1 N–H and O–H groups in total. The molecule has 4 rings (SSSR count). The number of ether oxygens (including phenoxy) is 2. The van der Waals surface area contributed by atoms with Crippen LogP contribution in [-0.2, 0) is 29.1 Å². The molecule has 0 saturated heterocycles. The lowest BCUT2D eigenvalue weighted by Gasteiger charge is -2.29. The minimum absolute atomic E-state index is 0.140. The summed E-state index contributed by atoms with van der Waals surface area (Å²) in [6.45, 7) is 2.40. The van der Waals surface area contributed by atoms with Gasteiger partial charge in [-0.2, -0.15) is 0 Å². The lowest BCUT2D eigenvalue weighted by Crippen LogP contribution is -2.47. The summed E-state index contributed by atoms with van der Waals surface area (Å²) in [6.07, 6.45) is 0.843. The molecular formula is C27H27FN2O4. The Morgan fingerprint density at radius 1 is 0.941 bits per heavy atom. The number of nitrogens with one attached hydrogen (secondary N) is 1. The van der Waals surface area contributed by atoms with Gasteiger partial charge in [-0.15, -0.1) is 0 Å². The van der Waals surface area contributed by atoms with E-state index in [9.17, 15) is 14.0 Å². The normalized spacial score (nSPS) is 12.8. The van der Waals surface area contributed by atoms with Crippen LogP contribution in [0.25, 0.3) is 0 Å². The molecule has 0 unspecified atom stereocenters. The molecule has 2 amide bonds. The molecule has 7 heteroatoms. The Balaban J connectivity index is 1.42. The molecule has 3 aromatic carbocycles. The molecule has 0 spiro atoms. The van der Waals surface area contributed by atoms with Crippen molar-refractivity contribution < 1.29 is 23.5 Å². The first-order valence-corrected chi connectivity index (χ1v) is 11.2. The van der Waals surface area contributed by atoms with Gasteiger partial charge in [0.25, 0.3) is 0 Å². The van der Waals surface area contributed by atoms with Crippen LogP contribution in [0.15, 0.2) is 72.8 Å². The van der Waals surface area contributed by atoms with E-state index in [0.29, 0.717) is 24.5 Å². The minimum Gasteiger partial charge on any atom is -0.454 e. The molecule has 34 heavy (non-hydrogen) atoms. The predicted octanol–water partition coefficient (Wildman–Crippen LogP) is 4.22. The maximum atomic E-state index is 13.4. The van der Waals surface area contributed by atoms with Crippen molar-refractivity contribution in [3.63, 3.8) is 0 Å². The number of nitrogens with zero attached hydrogens (tertiary/aromatic N) is 1. The molecule has 0 bridgehead atoms. The molecular weight excluding hydrogens is 435 g/mol. The molecule has 0 radical (unpaired) electrons. The molecule has 1 aliphatic rings. The van der Waals surface area contributed by atoms with Crippen molar-refractivity contribution in [2.75, 3.05) is 6.79 Å². The lowest BCUT2D eigenvalue weighted by atomic mass is 10.1. The Morgan fingerprint density at radius 3 is 2.41 bits per heavy atom. The fourth-order valence-corrected chi connectivity index (χ4v) is 3.80. The Kier molecular flexibility index (Phi) is 7.42. The highest BCUT2D eigenvalue weighted by Crippen LogP contribution is 2.32. The second-order valence-electron chi connectivity index (χ2n) is 8.22. The van der Waals surface area contributed by atoms with Gasteiger partial charge in [0.1, 0.15) is 11.9 Å². The quantitative estimate of drug-likeness (QED) is 0.517. The first kappa shape index (κ1) is 23.3. The second kappa shape index (κ2) is 10.8. The third kappa shape index (κ3) is 5.92. The molecule has 1 heterocycles. The number of carbonyl (C=O) groups excluding carboxylic acids is 2. The lowest BCUT2D eigenvalue weighted by molar-refractivity contribution is -0.140. The van der Waals surface area contributed by atoms with Gasteiger partial charge in [-0.05, 0) is 54.3 Å². The Hall–Kier alpha value is -3.87. The number of aryl methyl sites for hydroxylation is 1. The molecule has 0 saturated carbocycles. The van der Waals surface area contributed by atoms with E-state index in [2.05, 4.69) is 5.32 Å². The van der Waals surface area contributed by atoms with Crippen LogP contribution < -0.4 is 14.8 Å². The summed E-state index contributed by atoms with van der Waals surface area (Å²) in [5.74, 6) is 0.568. The SMILES string of the molecule is C[C@H](C(=O)NCc1ccc2c(c1)OCO2)N(Cc1ccc(F)cc1)C(=O)CCc1ccccc1. The van der Waals surface area contributed by atoms with Gasteiger partial charge in [0.05, 0.1) is 0 Å². The summed E-state index contributed by atoms with van der Waals surface area (Å²) in [5.41, 5.74) is 2.67. The van der Waals surface area contributed by atoms with Crippen molar-refractivity contribution in [1.82, 2.24) is 10.2 Å². The zero-order valence-electron chi connectivity index (χ0n) is 19.0. The van der Waals surface area contributed by atoms with Crippen molar-refractivity contribution in [3.05, 3.63) is 95.3 Å². The predicted molar refractivity (Wildman–Crippen MR) is 126 cm³/mol. The molecule has 0 aliphatic carbocycles. The topological polar surface area (TPSA) is 67.9 Å². The van der Waals surface area contributed by atoms with Crippen molar-refractivity contribution >= 4 is 11.8 Å². The van der Waals surface area contributed by atoms with Crippen LogP contribution in [0.2, 0.25) is 0 Å². The van der Waals surface area contributed by atoms with Gasteiger partial charge in [-0.25, -0.2) is 4.39 Å². The summed E-state index contributed by atoms with van der Waals surface area (Å²) >= 11 is 0. The monoisotopic (exact) mass is 462 g/mol. The van der Waals surface area contributed by atoms with Crippen molar-refractivity contribution in [2.45, 2.75) is 38.9 Å². The zero-order valence-corrected chi connectivity index (χ0v) is 19.0. The average molecular weight is 463 g/mol. The summed E-state index contributed by atoms with van der Waals surface area (Å²) in [5, 5.41) is 2.90. The van der Waals surface area contributed by atoms with Crippen LogP contribution in [-0.4, -0.2) is 29.5 Å². The smallest absolute Gasteiger partial charge is 0.242 e. The largest absolute Gasteiger partial charge is 0.454 e. The van der Waals surface area contributed by atoms with Gasteiger partial charge >= 0.3 is 0 Å². The third-order valence-electron chi connectivity index (χ3n) is 5.81. The van der Waals surface area contributed by atoms with E-state index in [1.165, 1.54) is 12.1 Å². The molecule has 1 aliphatic heterocycles. The number of benzene rings is 3. The van der Waals surface area contributed by atoms with Crippen LogP contribution in [0.3, 0.4) is 0 Å². The molecule has 0 fully saturated rings. The van der Waals surface area contributed by atoms with Crippen molar-refractivity contribution in [2.24, 2.45) is 0 Å². The fraction of sp³-hybridized carbons (Fsp3) is 0.259. The van der Waals surface area contributed by atoms with E-state index in [1.54, 1.807) is 30.0 Å². The summed E-state index contributed by atoms with van der Waals surface area (Å²) in [6, 6.07) is 20.5. The van der Waals surface area contributed by atoms with Crippen LogP contribution in [0, 0.1) is 5.82 Å². The molecule has 1 atom stereocenters. The molecule has 0 aromatic heterocycles. The Bertz CT molecular complexity index is 1140. The number of carbonyl (C=O) groups is 2. The van der Waals surface area contributed by atoms with Crippen molar-refractivity contribution in [1.29, 1.82) is 0 Å². The first-order chi connectivity index (χ1) is 16.5. The van der Waals surface area contributed by atoms with E-state index >= 15 is 0 Å². The number of fused-ring (bicyclic) bond motifs is 1. The van der Waals surface area contributed by atoms with E-state index < -0.39 is 6.04 Å². The summed E-state index contributed by atoms with van der Waals surface area (Å²) in [7, 11) is 0. The van der Waals surface area contributed by atoms with Crippen LogP contribution in [0.1, 0.15) is 30.0 Å². The van der Waals surface area contributed by atoms with Crippen LogP contribution in [0.4, 0.5) is 4.39 Å². The van der Waals surface area contributed by atoms with Crippen LogP contribution >= 0.6 is 0 Å². The second-order valence-corrected chi connectivity index (χ2v) is 8.22. The number of amides is 2. The van der Waals surface area contributed by atoms with Crippen LogP contribution in [0.5, 0.6) is 11.5 Å². The number of halogens is 1. The van der Waals surface area contributed by atoms with Gasteiger partial charge in [-0.3, -0.25) is 9.59 Å². The highest BCUT2D eigenvalue weighted by atomic mass is 19.1. The third-order valence-corrected chi connectivity index (χ3v) is 5.81. The van der Waals surface area contributed by atoms with Gasteiger partial charge in [0.15, 0.2) is 11.5 Å². The van der Waals surface area contributed by atoms with Gasteiger partial charge in [0, 0.05) is 19.5 Å². The summed E-state index contributed by atoms with van der Waals surface area (Å²) in [4.78, 5) is 27.7. The maximum Gasteiger partial charge on any atom is 0.242 e. The van der Waals surface area contributed by atoms with E-state index in [4.69, 9.17) is 9.47 Å².